The maximum Gasteiger partial charge on any atom is 0.338 e. The average Bonchev–Trinajstić information content (AvgIpc) is 3.57. The van der Waals surface area contributed by atoms with Crippen molar-refractivity contribution < 1.29 is 19.1 Å². The Labute approximate surface area is 183 Å². The highest BCUT2D eigenvalue weighted by molar-refractivity contribution is 5.96. The molecule has 0 aromatic heterocycles. The van der Waals surface area contributed by atoms with Gasteiger partial charge in [-0.3, -0.25) is 9.59 Å². The fourth-order valence-corrected chi connectivity index (χ4v) is 6.57. The molecule has 5 saturated carbocycles. The molecule has 5 aliphatic carbocycles. The third-order valence-corrected chi connectivity index (χ3v) is 7.95. The van der Waals surface area contributed by atoms with Crippen LogP contribution in [-0.2, 0) is 14.3 Å². The quantitative estimate of drug-likeness (QED) is 0.650. The van der Waals surface area contributed by atoms with E-state index in [9.17, 15) is 14.4 Å². The number of hydrogen-bond donors (Lipinski definition) is 2. The Bertz CT molecular complexity index is 839. The van der Waals surface area contributed by atoms with Crippen LogP contribution in [0.3, 0.4) is 0 Å². The molecular formula is C25H32N2O4. The van der Waals surface area contributed by atoms with Crippen LogP contribution < -0.4 is 10.6 Å². The van der Waals surface area contributed by atoms with Gasteiger partial charge in [0, 0.05) is 11.7 Å². The number of nitrogens with one attached hydrogen (secondary N) is 2. The zero-order chi connectivity index (χ0) is 21.6. The molecule has 2 amide bonds. The highest BCUT2D eigenvalue weighted by Crippen LogP contribution is 2.60. The first kappa shape index (κ1) is 20.5. The Kier molecular flexibility index (Phi) is 5.27. The van der Waals surface area contributed by atoms with E-state index in [1.165, 1.54) is 19.3 Å². The van der Waals surface area contributed by atoms with Crippen molar-refractivity contribution >= 4 is 23.5 Å². The number of hydrogen-bond acceptors (Lipinski definition) is 4. The molecule has 0 spiro atoms. The van der Waals surface area contributed by atoms with E-state index in [0.717, 1.165) is 49.9 Å². The maximum absolute atomic E-state index is 13.2. The number of esters is 1. The monoisotopic (exact) mass is 424 g/mol. The van der Waals surface area contributed by atoms with Gasteiger partial charge in [0.15, 0.2) is 6.61 Å². The molecule has 6 rings (SSSR count). The number of amides is 2. The molecule has 4 bridgehead atoms. The topological polar surface area (TPSA) is 84.5 Å². The number of carbonyl (C=O) groups excluding carboxylic acids is 3. The van der Waals surface area contributed by atoms with Gasteiger partial charge >= 0.3 is 5.97 Å². The van der Waals surface area contributed by atoms with Crippen LogP contribution >= 0.6 is 0 Å². The normalized spacial score (nSPS) is 31.7. The minimum Gasteiger partial charge on any atom is -0.452 e. The van der Waals surface area contributed by atoms with E-state index in [1.54, 1.807) is 24.3 Å². The van der Waals surface area contributed by atoms with E-state index < -0.39 is 5.97 Å². The molecule has 1 aromatic rings. The summed E-state index contributed by atoms with van der Waals surface area (Å²) in [5.74, 6) is 2.06. The smallest absolute Gasteiger partial charge is 0.338 e. The van der Waals surface area contributed by atoms with Crippen molar-refractivity contribution in [2.45, 2.75) is 64.3 Å². The standard InChI is InChI=1S/C25H32N2O4/c1-15(19-2-3-19)26-22(28)14-31-23(29)20-4-6-21(7-5-20)27-24(30)25-11-16-8-17(12-25)10-18(9-16)13-25/h4-7,15-19H,2-3,8-14H2,1H3,(H,26,28)(H,27,30)/t15-,16?,17?,18?,25?/m1/s1. The van der Waals surface area contributed by atoms with E-state index >= 15 is 0 Å². The fraction of sp³-hybridized carbons (Fsp3) is 0.640. The van der Waals surface area contributed by atoms with Gasteiger partial charge in [0.1, 0.15) is 0 Å². The lowest BCUT2D eigenvalue weighted by Crippen LogP contribution is -2.51. The average molecular weight is 425 g/mol. The molecule has 0 saturated heterocycles. The Morgan fingerprint density at radius 1 is 1.00 bits per heavy atom. The molecule has 0 radical (unpaired) electrons. The highest BCUT2D eigenvalue weighted by Gasteiger charge is 2.54. The van der Waals surface area contributed by atoms with Crippen molar-refractivity contribution in [3.63, 3.8) is 0 Å². The Hall–Kier alpha value is -2.37. The molecule has 6 nitrogen and oxygen atoms in total. The molecule has 6 heteroatoms. The molecule has 0 heterocycles. The molecule has 0 aliphatic heterocycles. The van der Waals surface area contributed by atoms with Crippen molar-refractivity contribution in [3.8, 4) is 0 Å². The third-order valence-electron chi connectivity index (χ3n) is 7.95. The molecule has 1 atom stereocenters. The lowest BCUT2D eigenvalue weighted by molar-refractivity contribution is -0.140. The second-order valence-corrected chi connectivity index (χ2v) is 10.5. The van der Waals surface area contributed by atoms with Crippen LogP contribution in [0.15, 0.2) is 24.3 Å². The first-order valence-electron chi connectivity index (χ1n) is 11.8. The minimum absolute atomic E-state index is 0.128. The van der Waals surface area contributed by atoms with E-state index in [1.807, 2.05) is 6.92 Å². The molecule has 2 N–H and O–H groups in total. The van der Waals surface area contributed by atoms with Crippen LogP contribution in [0.4, 0.5) is 5.69 Å². The zero-order valence-corrected chi connectivity index (χ0v) is 18.2. The lowest BCUT2D eigenvalue weighted by Gasteiger charge is -2.55. The highest BCUT2D eigenvalue weighted by atomic mass is 16.5. The van der Waals surface area contributed by atoms with Gasteiger partial charge in [0.2, 0.25) is 5.91 Å². The minimum atomic E-state index is -0.534. The first-order chi connectivity index (χ1) is 14.9. The predicted molar refractivity (Wildman–Crippen MR) is 116 cm³/mol. The number of benzene rings is 1. The van der Waals surface area contributed by atoms with Gasteiger partial charge < -0.3 is 15.4 Å². The van der Waals surface area contributed by atoms with Gasteiger partial charge in [-0.1, -0.05) is 0 Å². The summed E-state index contributed by atoms with van der Waals surface area (Å²) in [5.41, 5.74) is 0.876. The Morgan fingerprint density at radius 2 is 1.58 bits per heavy atom. The maximum atomic E-state index is 13.2. The summed E-state index contributed by atoms with van der Waals surface area (Å²) in [5, 5.41) is 5.97. The lowest BCUT2D eigenvalue weighted by atomic mass is 9.49. The van der Waals surface area contributed by atoms with Crippen LogP contribution in [0, 0.1) is 29.1 Å². The van der Waals surface area contributed by atoms with Gasteiger partial charge in [0.05, 0.1) is 11.0 Å². The second kappa shape index (κ2) is 7.95. The van der Waals surface area contributed by atoms with Gasteiger partial charge in [-0.2, -0.15) is 0 Å². The largest absolute Gasteiger partial charge is 0.452 e. The Balaban J connectivity index is 1.13. The van der Waals surface area contributed by atoms with Crippen LogP contribution in [0.25, 0.3) is 0 Å². The van der Waals surface area contributed by atoms with Crippen molar-refractivity contribution in [1.82, 2.24) is 5.32 Å². The van der Waals surface area contributed by atoms with E-state index in [2.05, 4.69) is 10.6 Å². The summed E-state index contributed by atoms with van der Waals surface area (Å²) in [6.45, 7) is 1.70. The number of carbonyl (C=O) groups is 3. The molecule has 166 valence electrons. The molecular weight excluding hydrogens is 392 g/mol. The van der Waals surface area contributed by atoms with E-state index in [0.29, 0.717) is 17.2 Å². The van der Waals surface area contributed by atoms with Crippen molar-refractivity contribution in [3.05, 3.63) is 29.8 Å². The van der Waals surface area contributed by atoms with Gasteiger partial charge in [-0.25, -0.2) is 4.79 Å². The molecule has 1 aromatic carbocycles. The summed E-state index contributed by atoms with van der Waals surface area (Å²) in [4.78, 5) is 37.3. The SMILES string of the molecule is C[C@@H](NC(=O)COC(=O)c1ccc(NC(=O)C23CC4CC(CC(C4)C2)C3)cc1)C1CC1. The van der Waals surface area contributed by atoms with Crippen molar-refractivity contribution in [1.29, 1.82) is 0 Å². The van der Waals surface area contributed by atoms with Crippen LogP contribution in [0.2, 0.25) is 0 Å². The van der Waals surface area contributed by atoms with Crippen LogP contribution in [0.5, 0.6) is 0 Å². The second-order valence-electron chi connectivity index (χ2n) is 10.5. The third kappa shape index (κ3) is 4.35. The summed E-state index contributed by atoms with van der Waals surface area (Å²) < 4.78 is 5.14. The molecule has 31 heavy (non-hydrogen) atoms. The van der Waals surface area contributed by atoms with Crippen LogP contribution in [-0.4, -0.2) is 30.4 Å². The van der Waals surface area contributed by atoms with Crippen LogP contribution in [0.1, 0.15) is 68.6 Å². The fourth-order valence-electron chi connectivity index (χ4n) is 6.57. The molecule has 5 fully saturated rings. The van der Waals surface area contributed by atoms with Gasteiger partial charge in [-0.15, -0.1) is 0 Å². The number of ether oxygens (including phenoxy) is 1. The summed E-state index contributed by atoms with van der Waals surface area (Å²) in [7, 11) is 0. The summed E-state index contributed by atoms with van der Waals surface area (Å²) in [6.07, 6.45) is 9.28. The van der Waals surface area contributed by atoms with E-state index in [4.69, 9.17) is 4.74 Å². The van der Waals surface area contributed by atoms with Gasteiger partial charge in [-0.05, 0) is 106 Å². The van der Waals surface area contributed by atoms with Crippen molar-refractivity contribution in [2.75, 3.05) is 11.9 Å². The Morgan fingerprint density at radius 3 is 2.13 bits per heavy atom. The summed E-state index contributed by atoms with van der Waals surface area (Å²) in [6, 6.07) is 6.89. The number of anilines is 1. The molecule has 0 unspecified atom stereocenters. The number of rotatable bonds is 7. The zero-order valence-electron chi connectivity index (χ0n) is 18.2. The van der Waals surface area contributed by atoms with E-state index in [-0.39, 0.29) is 29.9 Å². The van der Waals surface area contributed by atoms with Gasteiger partial charge in [0.25, 0.3) is 5.91 Å². The summed E-state index contributed by atoms with van der Waals surface area (Å²) >= 11 is 0. The first-order valence-corrected chi connectivity index (χ1v) is 11.8. The van der Waals surface area contributed by atoms with Crippen molar-refractivity contribution in [2.24, 2.45) is 29.1 Å². The predicted octanol–water partition coefficient (Wildman–Crippen LogP) is 3.91. The molecule has 5 aliphatic rings.